The van der Waals surface area contributed by atoms with Crippen molar-refractivity contribution in [1.29, 1.82) is 0 Å². The van der Waals surface area contributed by atoms with Crippen LogP contribution in [-0.4, -0.2) is 96.7 Å². The largest absolute Gasteiger partial charge is 0.472 e. The molecule has 86 heavy (non-hydrogen) atoms. The van der Waals surface area contributed by atoms with Gasteiger partial charge in [-0.3, -0.25) is 37.3 Å². The Morgan fingerprint density at radius 3 is 0.791 bits per heavy atom. The van der Waals surface area contributed by atoms with Gasteiger partial charge in [0.15, 0.2) is 12.2 Å². The minimum absolute atomic E-state index is 0.106. The van der Waals surface area contributed by atoms with E-state index in [2.05, 4.69) is 34.6 Å². The van der Waals surface area contributed by atoms with E-state index in [1.807, 2.05) is 0 Å². The SMILES string of the molecule is CCCCCCCCCCCCC(=O)OC[C@H](COP(=O)(O)OC[C@@H](O)COP(=O)(O)OC[C@@H](COC(=O)CCCCCCCCCC)OC(=O)CCCCCCCCCCCC)OC(=O)CCCCCCCCCCCCCCCCCC(C)C. The van der Waals surface area contributed by atoms with Crippen molar-refractivity contribution in [2.45, 2.75) is 361 Å². The van der Waals surface area contributed by atoms with Gasteiger partial charge in [-0.2, -0.15) is 0 Å². The van der Waals surface area contributed by atoms with E-state index in [-0.39, 0.29) is 25.7 Å². The number of rotatable bonds is 67. The second-order valence-corrected chi connectivity index (χ2v) is 27.6. The molecule has 17 nitrogen and oxygen atoms in total. The first-order valence-electron chi connectivity index (χ1n) is 35.1. The molecular weight excluding hydrogens is 1140 g/mol. The molecule has 2 unspecified atom stereocenters. The Hall–Kier alpha value is -1.94. The first kappa shape index (κ1) is 84.1. The van der Waals surface area contributed by atoms with Crippen LogP contribution in [0, 0.1) is 5.92 Å². The molecule has 0 aliphatic rings. The molecule has 510 valence electrons. The molecular formula is C67H130O17P2. The van der Waals surface area contributed by atoms with E-state index >= 15 is 0 Å². The summed E-state index contributed by atoms with van der Waals surface area (Å²) in [5, 5.41) is 10.5. The minimum Gasteiger partial charge on any atom is -0.462 e. The van der Waals surface area contributed by atoms with Gasteiger partial charge in [0.05, 0.1) is 26.4 Å². The summed E-state index contributed by atoms with van der Waals surface area (Å²) in [4.78, 5) is 72.2. The third kappa shape index (κ3) is 60.9. The summed E-state index contributed by atoms with van der Waals surface area (Å²) >= 11 is 0. The molecule has 0 aromatic carbocycles. The number of unbranched alkanes of at least 4 members (excludes halogenated alkanes) is 39. The first-order valence-corrected chi connectivity index (χ1v) is 38.1. The summed E-state index contributed by atoms with van der Waals surface area (Å²) in [6.07, 6.45) is 45.8. The fourth-order valence-electron chi connectivity index (χ4n) is 10.1. The standard InChI is InChI=1S/C67H130O17P2/c1-6-9-12-15-18-21-31-36-41-46-51-65(70)78-57-63(84-67(72)53-48-43-38-33-29-27-25-23-24-26-28-30-34-39-44-49-60(4)5)59-82-86(75,76)80-55-61(68)54-79-85(73,74)81-58-62(56-77-64(69)50-45-40-35-20-17-14-11-8-3)83-66(71)52-47-42-37-32-22-19-16-13-10-7-2/h60-63,68H,6-59H2,1-5H3,(H,73,74)(H,75,76)/t61-,62+,63+/m0/s1. The first-order chi connectivity index (χ1) is 41.5. The highest BCUT2D eigenvalue weighted by atomic mass is 31.2. The second kappa shape index (κ2) is 60.6. The van der Waals surface area contributed by atoms with E-state index in [9.17, 15) is 43.2 Å². The van der Waals surface area contributed by atoms with Gasteiger partial charge in [0.2, 0.25) is 0 Å². The zero-order valence-corrected chi connectivity index (χ0v) is 57.2. The Labute approximate surface area is 524 Å². The fraction of sp³-hybridized carbons (Fsp3) is 0.940. The Balaban J connectivity index is 5.17. The number of ether oxygens (including phenoxy) is 4. The van der Waals surface area contributed by atoms with Crippen molar-refractivity contribution in [3.63, 3.8) is 0 Å². The van der Waals surface area contributed by atoms with E-state index in [1.54, 1.807) is 0 Å². The van der Waals surface area contributed by atoms with Gasteiger partial charge in [0.25, 0.3) is 0 Å². The molecule has 0 radical (unpaired) electrons. The van der Waals surface area contributed by atoms with E-state index in [0.717, 1.165) is 102 Å². The number of aliphatic hydroxyl groups excluding tert-OH is 1. The molecule has 0 heterocycles. The van der Waals surface area contributed by atoms with Crippen LogP contribution in [0.25, 0.3) is 0 Å². The van der Waals surface area contributed by atoms with Crippen LogP contribution in [0.2, 0.25) is 0 Å². The maximum atomic E-state index is 13.0. The monoisotopic (exact) mass is 1270 g/mol. The average Bonchev–Trinajstić information content (AvgIpc) is 3.52. The summed E-state index contributed by atoms with van der Waals surface area (Å²) in [5.74, 6) is -1.33. The third-order valence-corrected chi connectivity index (χ3v) is 17.4. The zero-order valence-electron chi connectivity index (χ0n) is 55.4. The minimum atomic E-state index is -4.95. The summed E-state index contributed by atoms with van der Waals surface area (Å²) in [5.41, 5.74) is 0. The molecule has 0 saturated heterocycles. The zero-order chi connectivity index (χ0) is 63.5. The van der Waals surface area contributed by atoms with Crippen LogP contribution < -0.4 is 0 Å². The Bertz CT molecular complexity index is 1670. The molecule has 5 atom stereocenters. The van der Waals surface area contributed by atoms with Crippen LogP contribution in [0.3, 0.4) is 0 Å². The normalized spacial score (nSPS) is 14.2. The van der Waals surface area contributed by atoms with E-state index in [4.69, 9.17) is 37.0 Å². The predicted molar refractivity (Wildman–Crippen MR) is 345 cm³/mol. The molecule has 0 saturated carbocycles. The molecule has 0 aliphatic heterocycles. The van der Waals surface area contributed by atoms with Gasteiger partial charge in [-0.15, -0.1) is 0 Å². The van der Waals surface area contributed by atoms with Crippen LogP contribution in [0.4, 0.5) is 0 Å². The highest BCUT2D eigenvalue weighted by molar-refractivity contribution is 7.47. The topological polar surface area (TPSA) is 237 Å². The maximum absolute atomic E-state index is 13.0. The van der Waals surface area contributed by atoms with Gasteiger partial charge in [-0.25, -0.2) is 9.13 Å². The summed E-state index contributed by atoms with van der Waals surface area (Å²) in [7, 11) is -9.89. The fourth-order valence-corrected chi connectivity index (χ4v) is 11.7. The number of phosphoric acid groups is 2. The van der Waals surface area contributed by atoms with Gasteiger partial charge in [0, 0.05) is 25.7 Å². The third-order valence-electron chi connectivity index (χ3n) is 15.5. The lowest BCUT2D eigenvalue weighted by Crippen LogP contribution is -2.30. The molecule has 19 heteroatoms. The van der Waals surface area contributed by atoms with Crippen molar-refractivity contribution in [2.75, 3.05) is 39.6 Å². The van der Waals surface area contributed by atoms with E-state index in [1.165, 1.54) is 161 Å². The number of carbonyl (C=O) groups excluding carboxylic acids is 4. The molecule has 3 N–H and O–H groups in total. The number of phosphoric ester groups is 2. The van der Waals surface area contributed by atoms with Crippen LogP contribution in [0.5, 0.6) is 0 Å². The second-order valence-electron chi connectivity index (χ2n) is 24.7. The number of carbonyl (C=O) groups is 4. The maximum Gasteiger partial charge on any atom is 0.472 e. The number of aliphatic hydroxyl groups is 1. The van der Waals surface area contributed by atoms with Crippen molar-refractivity contribution < 1.29 is 80.2 Å². The molecule has 0 rings (SSSR count). The summed E-state index contributed by atoms with van der Waals surface area (Å²) < 4.78 is 68.0. The molecule has 0 aliphatic carbocycles. The van der Waals surface area contributed by atoms with Crippen molar-refractivity contribution >= 4 is 39.5 Å². The van der Waals surface area contributed by atoms with Gasteiger partial charge < -0.3 is 33.8 Å². The van der Waals surface area contributed by atoms with Crippen LogP contribution in [0.1, 0.15) is 343 Å². The van der Waals surface area contributed by atoms with E-state index < -0.39 is 97.5 Å². The lowest BCUT2D eigenvalue weighted by atomic mass is 10.0. The Kier molecular flexibility index (Phi) is 59.2. The number of hydrogen-bond donors (Lipinski definition) is 3. The van der Waals surface area contributed by atoms with Crippen molar-refractivity contribution in [1.82, 2.24) is 0 Å². The molecule has 0 aromatic rings. The van der Waals surface area contributed by atoms with Crippen LogP contribution in [0.15, 0.2) is 0 Å². The van der Waals surface area contributed by atoms with Crippen LogP contribution >= 0.6 is 15.6 Å². The van der Waals surface area contributed by atoms with Crippen molar-refractivity contribution in [3.05, 3.63) is 0 Å². The van der Waals surface area contributed by atoms with Gasteiger partial charge in [-0.1, -0.05) is 291 Å². The molecule has 0 bridgehead atoms. The van der Waals surface area contributed by atoms with Gasteiger partial charge in [0.1, 0.15) is 19.3 Å². The smallest absolute Gasteiger partial charge is 0.462 e. The number of esters is 4. The number of hydrogen-bond acceptors (Lipinski definition) is 15. The molecule has 0 amide bonds. The molecule has 0 spiro atoms. The van der Waals surface area contributed by atoms with E-state index in [0.29, 0.717) is 25.7 Å². The summed E-state index contributed by atoms with van der Waals surface area (Å²) in [6, 6.07) is 0. The quantitative estimate of drug-likeness (QED) is 0.0222. The van der Waals surface area contributed by atoms with Gasteiger partial charge >= 0.3 is 39.5 Å². The lowest BCUT2D eigenvalue weighted by Gasteiger charge is -2.21. The van der Waals surface area contributed by atoms with Crippen molar-refractivity contribution in [2.24, 2.45) is 5.92 Å². The van der Waals surface area contributed by atoms with Crippen LogP contribution in [-0.2, 0) is 65.4 Å². The lowest BCUT2D eigenvalue weighted by molar-refractivity contribution is -0.161. The molecule has 0 aromatic heterocycles. The highest BCUT2D eigenvalue weighted by Gasteiger charge is 2.30. The Morgan fingerprint density at radius 1 is 0.314 bits per heavy atom. The van der Waals surface area contributed by atoms with Crippen molar-refractivity contribution in [3.8, 4) is 0 Å². The predicted octanol–water partition coefficient (Wildman–Crippen LogP) is 19.0. The molecule has 0 fully saturated rings. The Morgan fingerprint density at radius 2 is 0.535 bits per heavy atom. The summed E-state index contributed by atoms with van der Waals surface area (Å²) in [6.45, 7) is 7.21. The average molecular weight is 1270 g/mol. The van der Waals surface area contributed by atoms with Gasteiger partial charge in [-0.05, 0) is 31.6 Å². The highest BCUT2D eigenvalue weighted by Crippen LogP contribution is 2.45.